The molecular formula is C13H11Cl3N2. The molecule has 1 aromatic heterocycles. The minimum Gasteiger partial charge on any atom is -0.222 e. The van der Waals surface area contributed by atoms with E-state index in [9.17, 15) is 0 Å². The standard InChI is InChI=1S/C13H11Cl3N2/c14-7-11-12(8-1-2-8)17-18(13(11)16)10-5-3-9(15)4-6-10/h3-6,8H,1-2,7H2. The van der Waals surface area contributed by atoms with Gasteiger partial charge in [-0.2, -0.15) is 5.10 Å². The van der Waals surface area contributed by atoms with Crippen LogP contribution in [-0.2, 0) is 5.88 Å². The second-order valence-corrected chi connectivity index (χ2v) is 5.51. The van der Waals surface area contributed by atoms with Crippen LogP contribution in [0.3, 0.4) is 0 Å². The van der Waals surface area contributed by atoms with E-state index in [1.54, 1.807) is 4.68 Å². The number of alkyl halides is 1. The number of nitrogens with zero attached hydrogens (tertiary/aromatic N) is 2. The molecule has 5 heteroatoms. The van der Waals surface area contributed by atoms with Gasteiger partial charge in [0, 0.05) is 16.5 Å². The van der Waals surface area contributed by atoms with Crippen LogP contribution < -0.4 is 0 Å². The molecule has 2 nitrogen and oxygen atoms in total. The van der Waals surface area contributed by atoms with Gasteiger partial charge in [-0.25, -0.2) is 4.68 Å². The summed E-state index contributed by atoms with van der Waals surface area (Å²) in [5.74, 6) is 0.933. The van der Waals surface area contributed by atoms with Crippen molar-refractivity contribution in [3.05, 3.63) is 45.7 Å². The molecule has 1 heterocycles. The fourth-order valence-corrected chi connectivity index (χ4v) is 2.76. The molecule has 1 aliphatic carbocycles. The van der Waals surface area contributed by atoms with Crippen LogP contribution in [0, 0.1) is 0 Å². The molecule has 2 aromatic rings. The second kappa shape index (κ2) is 4.76. The molecule has 94 valence electrons. The Balaban J connectivity index is 2.08. The topological polar surface area (TPSA) is 17.8 Å². The van der Waals surface area contributed by atoms with Gasteiger partial charge in [-0.05, 0) is 37.1 Å². The molecule has 0 N–H and O–H groups in total. The Kier molecular flexibility index (Phi) is 3.27. The largest absolute Gasteiger partial charge is 0.222 e. The minimum absolute atomic E-state index is 0.401. The molecule has 0 aliphatic heterocycles. The summed E-state index contributed by atoms with van der Waals surface area (Å²) in [7, 11) is 0. The van der Waals surface area contributed by atoms with E-state index in [-0.39, 0.29) is 0 Å². The van der Waals surface area contributed by atoms with Crippen molar-refractivity contribution in [2.75, 3.05) is 0 Å². The first-order chi connectivity index (χ1) is 8.70. The summed E-state index contributed by atoms with van der Waals surface area (Å²) in [6, 6.07) is 7.45. The average molecular weight is 302 g/mol. The summed E-state index contributed by atoms with van der Waals surface area (Å²) in [4.78, 5) is 0. The van der Waals surface area contributed by atoms with E-state index in [0.717, 1.165) is 16.9 Å². The first-order valence-corrected chi connectivity index (χ1v) is 7.09. The van der Waals surface area contributed by atoms with Crippen molar-refractivity contribution < 1.29 is 0 Å². The van der Waals surface area contributed by atoms with Crippen LogP contribution in [0.4, 0.5) is 0 Å². The zero-order chi connectivity index (χ0) is 12.7. The molecule has 0 spiro atoms. The minimum atomic E-state index is 0.401. The quantitative estimate of drug-likeness (QED) is 0.745. The predicted molar refractivity (Wildman–Crippen MR) is 75.1 cm³/mol. The first-order valence-electron chi connectivity index (χ1n) is 5.80. The molecule has 1 saturated carbocycles. The molecule has 0 amide bonds. The van der Waals surface area contributed by atoms with Crippen LogP contribution in [0.2, 0.25) is 10.2 Å². The first kappa shape index (κ1) is 12.3. The van der Waals surface area contributed by atoms with Gasteiger partial charge in [-0.15, -0.1) is 11.6 Å². The molecule has 18 heavy (non-hydrogen) atoms. The van der Waals surface area contributed by atoms with E-state index in [2.05, 4.69) is 5.10 Å². The van der Waals surface area contributed by atoms with Gasteiger partial charge >= 0.3 is 0 Å². The van der Waals surface area contributed by atoms with Gasteiger partial charge in [-0.3, -0.25) is 0 Å². The molecule has 1 fully saturated rings. The smallest absolute Gasteiger partial charge is 0.137 e. The van der Waals surface area contributed by atoms with Crippen LogP contribution >= 0.6 is 34.8 Å². The molecular weight excluding hydrogens is 291 g/mol. The zero-order valence-corrected chi connectivity index (χ0v) is 11.8. The molecule has 0 saturated heterocycles. The van der Waals surface area contributed by atoms with Gasteiger partial charge in [0.2, 0.25) is 0 Å². The monoisotopic (exact) mass is 300 g/mol. The molecule has 3 rings (SSSR count). The molecule has 1 aromatic carbocycles. The van der Waals surface area contributed by atoms with Crippen molar-refractivity contribution in [1.29, 1.82) is 0 Å². The van der Waals surface area contributed by atoms with E-state index in [4.69, 9.17) is 34.8 Å². The highest BCUT2D eigenvalue weighted by molar-refractivity contribution is 6.32. The normalized spacial score (nSPS) is 15.1. The van der Waals surface area contributed by atoms with Gasteiger partial charge in [0.1, 0.15) is 5.15 Å². The molecule has 0 unspecified atom stereocenters. The van der Waals surface area contributed by atoms with E-state index < -0.39 is 0 Å². The summed E-state index contributed by atoms with van der Waals surface area (Å²) in [6.07, 6.45) is 2.36. The fourth-order valence-electron chi connectivity index (χ4n) is 2.01. The van der Waals surface area contributed by atoms with Crippen molar-refractivity contribution in [2.24, 2.45) is 0 Å². The third-order valence-corrected chi connectivity index (χ3v) is 4.03. The third kappa shape index (κ3) is 2.13. The summed E-state index contributed by atoms with van der Waals surface area (Å²) in [5, 5.41) is 5.90. The highest BCUT2D eigenvalue weighted by Gasteiger charge is 2.31. The van der Waals surface area contributed by atoms with Crippen LogP contribution in [0.15, 0.2) is 24.3 Å². The number of hydrogen-bond donors (Lipinski definition) is 0. The zero-order valence-electron chi connectivity index (χ0n) is 9.54. The summed E-state index contributed by atoms with van der Waals surface area (Å²) in [6.45, 7) is 0. The Morgan fingerprint density at radius 1 is 1.17 bits per heavy atom. The van der Waals surface area contributed by atoms with Gasteiger partial charge in [-0.1, -0.05) is 23.2 Å². The number of halogens is 3. The van der Waals surface area contributed by atoms with E-state index in [1.165, 1.54) is 12.8 Å². The average Bonchev–Trinajstić information content (AvgIpc) is 3.15. The van der Waals surface area contributed by atoms with Crippen LogP contribution in [0.5, 0.6) is 0 Å². The van der Waals surface area contributed by atoms with Gasteiger partial charge < -0.3 is 0 Å². The van der Waals surface area contributed by atoms with E-state index in [0.29, 0.717) is 22.0 Å². The number of benzene rings is 1. The Morgan fingerprint density at radius 2 is 1.83 bits per heavy atom. The lowest BCUT2D eigenvalue weighted by Crippen LogP contribution is -1.96. The SMILES string of the molecule is ClCc1c(C2CC2)nn(-c2ccc(Cl)cc2)c1Cl. The number of rotatable bonds is 3. The summed E-state index contributed by atoms with van der Waals surface area (Å²) in [5.41, 5.74) is 2.91. The lowest BCUT2D eigenvalue weighted by molar-refractivity contribution is 0.837. The molecule has 1 aliphatic rings. The summed E-state index contributed by atoms with van der Waals surface area (Å²) >= 11 is 18.2. The maximum absolute atomic E-state index is 6.36. The third-order valence-electron chi connectivity index (χ3n) is 3.12. The second-order valence-electron chi connectivity index (χ2n) is 4.45. The van der Waals surface area contributed by atoms with Crippen molar-refractivity contribution in [3.8, 4) is 5.69 Å². The van der Waals surface area contributed by atoms with Crippen molar-refractivity contribution in [1.82, 2.24) is 9.78 Å². The molecule has 0 bridgehead atoms. The van der Waals surface area contributed by atoms with Crippen molar-refractivity contribution >= 4 is 34.8 Å². The van der Waals surface area contributed by atoms with Gasteiger partial charge in [0.15, 0.2) is 0 Å². The van der Waals surface area contributed by atoms with Crippen molar-refractivity contribution in [2.45, 2.75) is 24.6 Å². The van der Waals surface area contributed by atoms with Crippen LogP contribution in [0.1, 0.15) is 30.0 Å². The number of aromatic nitrogens is 2. The summed E-state index contributed by atoms with van der Waals surface area (Å²) < 4.78 is 1.74. The Bertz CT molecular complexity index is 571. The lowest BCUT2D eigenvalue weighted by Gasteiger charge is -2.02. The van der Waals surface area contributed by atoms with Crippen LogP contribution in [0.25, 0.3) is 5.69 Å². The highest BCUT2D eigenvalue weighted by atomic mass is 35.5. The van der Waals surface area contributed by atoms with Crippen LogP contribution in [-0.4, -0.2) is 9.78 Å². The maximum Gasteiger partial charge on any atom is 0.137 e. The van der Waals surface area contributed by atoms with E-state index in [1.807, 2.05) is 24.3 Å². The maximum atomic E-state index is 6.36. The Morgan fingerprint density at radius 3 is 2.39 bits per heavy atom. The lowest BCUT2D eigenvalue weighted by atomic mass is 10.2. The Labute approximate surface area is 120 Å². The van der Waals surface area contributed by atoms with Gasteiger partial charge in [0.25, 0.3) is 0 Å². The van der Waals surface area contributed by atoms with E-state index >= 15 is 0 Å². The predicted octanol–water partition coefficient (Wildman–Crippen LogP) is 4.80. The molecule has 0 atom stereocenters. The van der Waals surface area contributed by atoms with Crippen molar-refractivity contribution in [3.63, 3.8) is 0 Å². The number of hydrogen-bond acceptors (Lipinski definition) is 1. The van der Waals surface area contributed by atoms with Gasteiger partial charge in [0.05, 0.1) is 17.3 Å². The molecule has 0 radical (unpaired) electrons. The Hall–Kier alpha value is -0.700. The highest BCUT2D eigenvalue weighted by Crippen LogP contribution is 2.43. The fraction of sp³-hybridized carbons (Fsp3) is 0.308.